The Bertz CT molecular complexity index is 167. The predicted molar refractivity (Wildman–Crippen MR) is 44.5 cm³/mol. The maximum atomic E-state index is 13.7. The average Bonchev–Trinajstić information content (AvgIpc) is 1.92. The lowest BCUT2D eigenvalue weighted by molar-refractivity contribution is -0.0747. The highest BCUT2D eigenvalue weighted by Crippen LogP contribution is 2.40. The molecule has 1 aliphatic carbocycles. The third-order valence-corrected chi connectivity index (χ3v) is 3.13. The molecule has 2 rings (SSSR count). The second-order valence-corrected chi connectivity index (χ2v) is 4.46. The van der Waals surface area contributed by atoms with Crippen LogP contribution in [-0.2, 0) is 4.74 Å². The van der Waals surface area contributed by atoms with Crippen LogP contribution >= 0.6 is 0 Å². The van der Waals surface area contributed by atoms with E-state index >= 15 is 0 Å². The van der Waals surface area contributed by atoms with E-state index in [-0.39, 0.29) is 17.9 Å². The van der Waals surface area contributed by atoms with Gasteiger partial charge in [0.2, 0.25) is 0 Å². The SMILES string of the molecule is CC1(F)CC2COCC(C1)C2N. The Hall–Kier alpha value is -0.150. The Balaban J connectivity index is 2.12. The van der Waals surface area contributed by atoms with Gasteiger partial charge in [-0.05, 0) is 19.8 Å². The molecule has 2 N–H and O–H groups in total. The van der Waals surface area contributed by atoms with Crippen LogP contribution in [0.25, 0.3) is 0 Å². The van der Waals surface area contributed by atoms with Crippen LogP contribution in [0, 0.1) is 11.8 Å². The largest absolute Gasteiger partial charge is 0.381 e. The van der Waals surface area contributed by atoms with Gasteiger partial charge in [0.05, 0.1) is 13.2 Å². The molecule has 0 amide bonds. The molecule has 0 aromatic carbocycles. The van der Waals surface area contributed by atoms with E-state index in [0.29, 0.717) is 26.1 Å². The van der Waals surface area contributed by atoms with Gasteiger partial charge in [-0.25, -0.2) is 4.39 Å². The summed E-state index contributed by atoms with van der Waals surface area (Å²) in [7, 11) is 0. The monoisotopic (exact) mass is 173 g/mol. The van der Waals surface area contributed by atoms with Crippen molar-refractivity contribution in [3.8, 4) is 0 Å². The van der Waals surface area contributed by atoms with Crippen molar-refractivity contribution in [3.63, 3.8) is 0 Å². The van der Waals surface area contributed by atoms with E-state index in [0.717, 1.165) is 0 Å². The topological polar surface area (TPSA) is 35.2 Å². The fourth-order valence-electron chi connectivity index (χ4n) is 2.54. The quantitative estimate of drug-likeness (QED) is 0.595. The molecule has 12 heavy (non-hydrogen) atoms. The lowest BCUT2D eigenvalue weighted by atomic mass is 9.70. The van der Waals surface area contributed by atoms with E-state index in [1.807, 2.05) is 0 Å². The smallest absolute Gasteiger partial charge is 0.109 e. The summed E-state index contributed by atoms with van der Waals surface area (Å²) in [6.45, 7) is 2.98. The van der Waals surface area contributed by atoms with Gasteiger partial charge in [0.25, 0.3) is 0 Å². The third kappa shape index (κ3) is 1.36. The van der Waals surface area contributed by atoms with E-state index in [1.165, 1.54) is 0 Å². The van der Waals surface area contributed by atoms with Crippen LogP contribution in [0.4, 0.5) is 4.39 Å². The molecule has 1 aliphatic heterocycles. The number of alkyl halides is 1. The van der Waals surface area contributed by atoms with Crippen molar-refractivity contribution < 1.29 is 9.13 Å². The molecule has 2 nitrogen and oxygen atoms in total. The first-order chi connectivity index (χ1) is 5.58. The summed E-state index contributed by atoms with van der Waals surface area (Å²) < 4.78 is 19.0. The fraction of sp³-hybridized carbons (Fsp3) is 1.00. The van der Waals surface area contributed by atoms with Gasteiger partial charge in [0.15, 0.2) is 0 Å². The second kappa shape index (κ2) is 2.67. The fourth-order valence-corrected chi connectivity index (χ4v) is 2.54. The van der Waals surface area contributed by atoms with E-state index in [4.69, 9.17) is 10.5 Å². The van der Waals surface area contributed by atoms with Gasteiger partial charge in [0.1, 0.15) is 5.67 Å². The molecule has 2 atom stereocenters. The van der Waals surface area contributed by atoms with E-state index < -0.39 is 5.67 Å². The normalized spacial score (nSPS) is 53.8. The number of fused-ring (bicyclic) bond motifs is 2. The molecule has 70 valence electrons. The van der Waals surface area contributed by atoms with Crippen molar-refractivity contribution in [1.29, 1.82) is 0 Å². The number of ether oxygens (including phenoxy) is 1. The molecule has 0 aromatic rings. The van der Waals surface area contributed by atoms with E-state index in [9.17, 15) is 4.39 Å². The molecule has 0 radical (unpaired) electrons. The third-order valence-electron chi connectivity index (χ3n) is 3.13. The van der Waals surface area contributed by atoms with Gasteiger partial charge in [0, 0.05) is 17.9 Å². The Morgan fingerprint density at radius 2 is 1.83 bits per heavy atom. The van der Waals surface area contributed by atoms with Gasteiger partial charge in [-0.3, -0.25) is 0 Å². The minimum absolute atomic E-state index is 0.169. The zero-order valence-corrected chi connectivity index (χ0v) is 7.42. The molecule has 1 saturated carbocycles. The first kappa shape index (κ1) is 8.45. The molecule has 2 fully saturated rings. The maximum Gasteiger partial charge on any atom is 0.109 e. The average molecular weight is 173 g/mol. The Morgan fingerprint density at radius 1 is 1.33 bits per heavy atom. The molecule has 2 bridgehead atoms. The standard InChI is InChI=1S/C9H16FNO/c1-9(10)2-6-4-12-5-7(3-9)8(6)11/h6-8H,2-5,11H2,1H3. The minimum atomic E-state index is -1.00. The molecule has 1 heterocycles. The van der Waals surface area contributed by atoms with Crippen LogP contribution in [0.15, 0.2) is 0 Å². The van der Waals surface area contributed by atoms with Gasteiger partial charge in [-0.2, -0.15) is 0 Å². The van der Waals surface area contributed by atoms with Crippen LogP contribution in [0.1, 0.15) is 19.8 Å². The second-order valence-electron chi connectivity index (χ2n) is 4.46. The molecule has 2 aliphatic rings. The summed E-state index contributed by atoms with van der Waals surface area (Å²) in [5, 5.41) is 0. The molecule has 0 spiro atoms. The lowest BCUT2D eigenvalue weighted by Gasteiger charge is -2.45. The first-order valence-electron chi connectivity index (χ1n) is 4.61. The molecular formula is C9H16FNO. The zero-order chi connectivity index (χ0) is 8.77. The van der Waals surface area contributed by atoms with Gasteiger partial charge < -0.3 is 10.5 Å². The number of halogens is 1. The van der Waals surface area contributed by atoms with Crippen molar-refractivity contribution in [2.24, 2.45) is 17.6 Å². The van der Waals surface area contributed by atoms with Crippen molar-refractivity contribution in [3.05, 3.63) is 0 Å². The number of hydrogen-bond donors (Lipinski definition) is 1. The Kier molecular flexibility index (Phi) is 1.88. The Labute approximate surface area is 72.3 Å². The van der Waals surface area contributed by atoms with Crippen LogP contribution < -0.4 is 5.73 Å². The molecular weight excluding hydrogens is 157 g/mol. The molecule has 3 heteroatoms. The lowest BCUT2D eigenvalue weighted by Crippen LogP contribution is -2.54. The van der Waals surface area contributed by atoms with Gasteiger partial charge in [-0.1, -0.05) is 0 Å². The highest BCUT2D eigenvalue weighted by Gasteiger charge is 2.44. The maximum absolute atomic E-state index is 13.7. The zero-order valence-electron chi connectivity index (χ0n) is 7.42. The van der Waals surface area contributed by atoms with Crippen LogP contribution in [0.5, 0.6) is 0 Å². The summed E-state index contributed by atoms with van der Waals surface area (Å²) in [5.74, 6) is 0.486. The summed E-state index contributed by atoms with van der Waals surface area (Å²) >= 11 is 0. The highest BCUT2D eigenvalue weighted by molar-refractivity contribution is 4.96. The number of hydrogen-bond acceptors (Lipinski definition) is 2. The van der Waals surface area contributed by atoms with Crippen molar-refractivity contribution in [1.82, 2.24) is 0 Å². The Morgan fingerprint density at radius 3 is 2.33 bits per heavy atom. The number of nitrogens with two attached hydrogens (primary N) is 1. The van der Waals surface area contributed by atoms with Gasteiger partial charge in [-0.15, -0.1) is 0 Å². The van der Waals surface area contributed by atoms with Crippen LogP contribution in [0.3, 0.4) is 0 Å². The van der Waals surface area contributed by atoms with E-state index in [2.05, 4.69) is 0 Å². The first-order valence-corrected chi connectivity index (χ1v) is 4.61. The van der Waals surface area contributed by atoms with Crippen LogP contribution in [-0.4, -0.2) is 24.9 Å². The number of rotatable bonds is 0. The summed E-state index contributed by atoms with van der Waals surface area (Å²) in [5.41, 5.74) is 4.95. The van der Waals surface area contributed by atoms with Crippen LogP contribution in [0.2, 0.25) is 0 Å². The van der Waals surface area contributed by atoms with Crippen molar-refractivity contribution in [2.75, 3.05) is 13.2 Å². The van der Waals surface area contributed by atoms with E-state index in [1.54, 1.807) is 6.92 Å². The summed E-state index contributed by atoms with van der Waals surface area (Å²) in [6, 6.07) is 0.169. The van der Waals surface area contributed by atoms with Crippen molar-refractivity contribution in [2.45, 2.75) is 31.5 Å². The highest BCUT2D eigenvalue weighted by atomic mass is 19.1. The van der Waals surface area contributed by atoms with Gasteiger partial charge >= 0.3 is 0 Å². The van der Waals surface area contributed by atoms with Crippen molar-refractivity contribution >= 4 is 0 Å². The summed E-state index contributed by atoms with van der Waals surface area (Å²) in [6.07, 6.45) is 1.15. The molecule has 1 saturated heterocycles. The molecule has 0 aromatic heterocycles. The molecule has 2 unspecified atom stereocenters. The summed E-state index contributed by atoms with van der Waals surface area (Å²) in [4.78, 5) is 0. The predicted octanol–water partition coefficient (Wildman–Crippen LogP) is 1.10. The minimum Gasteiger partial charge on any atom is -0.381 e.